The summed E-state index contributed by atoms with van der Waals surface area (Å²) in [6.45, 7) is 7.80. The van der Waals surface area contributed by atoms with Crippen LogP contribution in [0.1, 0.15) is 119 Å². The summed E-state index contributed by atoms with van der Waals surface area (Å²) in [5.41, 5.74) is 10.4. The molecule has 0 aliphatic carbocycles. The van der Waals surface area contributed by atoms with E-state index >= 15 is 0 Å². The lowest BCUT2D eigenvalue weighted by atomic mass is 9.98. The number of carbonyl (C=O) groups is 4. The van der Waals surface area contributed by atoms with Crippen molar-refractivity contribution in [3.63, 3.8) is 0 Å². The first-order valence-electron chi connectivity index (χ1n) is 24.7. The zero-order valence-electron chi connectivity index (χ0n) is 41.3. The number of amides is 3. The van der Waals surface area contributed by atoms with Gasteiger partial charge in [-0.15, -0.1) is 0 Å². The molecule has 3 atom stereocenters. The summed E-state index contributed by atoms with van der Waals surface area (Å²) in [6, 6.07) is 29.8. The van der Waals surface area contributed by atoms with Crippen molar-refractivity contribution in [3.05, 3.63) is 141 Å². The Morgan fingerprint density at radius 3 is 1.90 bits per heavy atom. The molecule has 0 spiro atoms. The number of aryl methyl sites for hydroxylation is 3. The van der Waals surface area contributed by atoms with Crippen LogP contribution in [0.5, 0.6) is 17.2 Å². The topological polar surface area (TPSA) is 169 Å². The molecule has 378 valence electrons. The summed E-state index contributed by atoms with van der Waals surface area (Å²) in [6.07, 6.45) is 5.46. The third-order valence-corrected chi connectivity index (χ3v) is 18.8. The Balaban J connectivity index is 0.914. The SMILES string of the molecule is CCC(=O)C(CCSSC(C)(C)CCC(=O)Nc1cc(COc2cc3c(cc2C)C(=O)N2c4ccccc4C[C@H]2CC3)cc(COc2cc3c(cc2OC)C(=O)N2c4ccccc4C[C@H]2CC3)c1)S(=O)(=O)O. The van der Waals surface area contributed by atoms with E-state index in [0.29, 0.717) is 52.7 Å². The zero-order chi connectivity index (χ0) is 50.9. The lowest BCUT2D eigenvalue weighted by Crippen LogP contribution is -2.36. The van der Waals surface area contributed by atoms with Crippen molar-refractivity contribution in [2.24, 2.45) is 0 Å². The highest BCUT2D eigenvalue weighted by Crippen LogP contribution is 2.43. The molecule has 13 nitrogen and oxygen atoms in total. The van der Waals surface area contributed by atoms with Gasteiger partial charge < -0.3 is 29.3 Å². The Kier molecular flexibility index (Phi) is 15.1. The van der Waals surface area contributed by atoms with Gasteiger partial charge in [-0.25, -0.2) is 0 Å². The Morgan fingerprint density at radius 2 is 1.33 bits per heavy atom. The van der Waals surface area contributed by atoms with Crippen molar-refractivity contribution in [2.45, 2.75) is 127 Å². The van der Waals surface area contributed by atoms with Gasteiger partial charge in [-0.2, -0.15) is 8.42 Å². The minimum Gasteiger partial charge on any atom is -0.493 e. The Labute approximate surface area is 429 Å². The van der Waals surface area contributed by atoms with Crippen molar-refractivity contribution < 1.29 is 46.4 Å². The van der Waals surface area contributed by atoms with E-state index < -0.39 is 21.2 Å². The number of methoxy groups -OCH3 is 1. The molecule has 16 heteroatoms. The minimum atomic E-state index is -4.50. The predicted molar refractivity (Wildman–Crippen MR) is 285 cm³/mol. The van der Waals surface area contributed by atoms with Crippen LogP contribution >= 0.6 is 21.6 Å². The number of fused-ring (bicyclic) bond motifs is 8. The summed E-state index contributed by atoms with van der Waals surface area (Å²) in [7, 11) is -0.0259. The van der Waals surface area contributed by atoms with E-state index in [1.807, 2.05) is 103 Å². The van der Waals surface area contributed by atoms with Crippen LogP contribution in [0.15, 0.2) is 91.0 Å². The summed E-state index contributed by atoms with van der Waals surface area (Å²) < 4.78 is 51.8. The van der Waals surface area contributed by atoms with E-state index in [-0.39, 0.29) is 67.0 Å². The molecular formula is C56H61N3O10S3. The zero-order valence-corrected chi connectivity index (χ0v) is 43.8. The van der Waals surface area contributed by atoms with Crippen LogP contribution in [-0.2, 0) is 58.6 Å². The van der Waals surface area contributed by atoms with Gasteiger partial charge in [-0.05, 0) is 166 Å². The number of anilines is 3. The lowest BCUT2D eigenvalue weighted by Gasteiger charge is -2.23. The van der Waals surface area contributed by atoms with Crippen molar-refractivity contribution >= 4 is 72.3 Å². The van der Waals surface area contributed by atoms with E-state index in [4.69, 9.17) is 14.2 Å². The predicted octanol–water partition coefficient (Wildman–Crippen LogP) is 10.7. The fourth-order valence-electron chi connectivity index (χ4n) is 10.5. The number of Topliss-reactive ketones (excluding diaryl/α,β-unsaturated/α-hetero) is 1. The molecule has 3 amide bonds. The van der Waals surface area contributed by atoms with Crippen molar-refractivity contribution in [2.75, 3.05) is 28.0 Å². The van der Waals surface area contributed by atoms with Gasteiger partial charge in [0.25, 0.3) is 21.9 Å². The fourth-order valence-corrected chi connectivity index (χ4v) is 14.2. The summed E-state index contributed by atoms with van der Waals surface area (Å²) in [5.74, 6) is 1.19. The van der Waals surface area contributed by atoms with E-state index in [1.54, 1.807) is 20.1 Å². The van der Waals surface area contributed by atoms with Crippen LogP contribution in [-0.4, -0.2) is 71.4 Å². The third kappa shape index (κ3) is 11.1. The molecule has 0 radical (unpaired) electrons. The number of carbonyl (C=O) groups excluding carboxylic acids is 4. The smallest absolute Gasteiger partial charge is 0.275 e. The average Bonchev–Trinajstić information content (AvgIpc) is 3.85. The van der Waals surface area contributed by atoms with E-state index in [9.17, 15) is 32.1 Å². The third-order valence-electron chi connectivity index (χ3n) is 14.2. The van der Waals surface area contributed by atoms with E-state index in [0.717, 1.165) is 71.3 Å². The maximum Gasteiger partial charge on any atom is 0.275 e. The molecule has 9 rings (SSSR count). The Morgan fingerprint density at radius 1 is 0.778 bits per heavy atom. The van der Waals surface area contributed by atoms with Crippen LogP contribution in [0.3, 0.4) is 0 Å². The molecule has 0 bridgehead atoms. The monoisotopic (exact) mass is 1030 g/mol. The number of hydrogen-bond acceptors (Lipinski definition) is 11. The van der Waals surface area contributed by atoms with Gasteiger partial charge in [0.1, 0.15) is 24.2 Å². The lowest BCUT2D eigenvalue weighted by molar-refractivity contribution is -0.118. The number of nitrogens with zero attached hydrogens (tertiary/aromatic N) is 2. The molecule has 5 aromatic carbocycles. The first kappa shape index (κ1) is 51.1. The molecular weight excluding hydrogens is 971 g/mol. The van der Waals surface area contributed by atoms with Crippen LogP contribution in [0.25, 0.3) is 0 Å². The van der Waals surface area contributed by atoms with E-state index in [2.05, 4.69) is 17.4 Å². The average molecular weight is 1030 g/mol. The van der Waals surface area contributed by atoms with E-state index in [1.165, 1.54) is 32.7 Å². The summed E-state index contributed by atoms with van der Waals surface area (Å²) >= 11 is 0. The highest BCUT2D eigenvalue weighted by atomic mass is 33.1. The number of benzene rings is 5. The Hall–Kier alpha value is -5.81. The molecule has 0 fully saturated rings. The van der Waals surface area contributed by atoms with Crippen LogP contribution in [0.4, 0.5) is 17.1 Å². The quantitative estimate of drug-likeness (QED) is 0.0457. The van der Waals surface area contributed by atoms with Crippen LogP contribution in [0, 0.1) is 6.92 Å². The van der Waals surface area contributed by atoms with Crippen molar-refractivity contribution in [1.82, 2.24) is 0 Å². The number of nitrogens with one attached hydrogen (secondary N) is 1. The first-order chi connectivity index (χ1) is 34.5. The first-order valence-corrected chi connectivity index (χ1v) is 28.5. The van der Waals surface area contributed by atoms with Gasteiger partial charge in [-0.1, -0.05) is 64.9 Å². The summed E-state index contributed by atoms with van der Waals surface area (Å²) in [4.78, 5) is 58.0. The maximum atomic E-state index is 14.1. The molecule has 1 unspecified atom stereocenters. The molecule has 4 heterocycles. The maximum absolute atomic E-state index is 14.1. The van der Waals surface area contributed by atoms with Crippen molar-refractivity contribution in [1.29, 1.82) is 0 Å². The number of ketones is 1. The molecule has 0 aromatic heterocycles. The van der Waals surface area contributed by atoms with Crippen LogP contribution < -0.4 is 29.3 Å². The minimum absolute atomic E-state index is 0.000292. The van der Waals surface area contributed by atoms with Crippen LogP contribution in [0.2, 0.25) is 0 Å². The molecule has 0 saturated carbocycles. The Bertz CT molecular complexity index is 3050. The fraction of sp³-hybridized carbons (Fsp3) is 0.393. The standard InChI is InChI=1S/C56H61N3O10S3/c1-6-48(60)52(72(64,65)66)20-22-70-71-56(3,4)21-19-53(61)57-41-25-35(32-68-49-29-37-15-17-42-27-39-11-7-9-13-46(39)58(42)54(62)44(37)23-34(49)2)24-36(26-41)33-69-51-30-38-16-18-43-28-40-12-8-10-14-47(40)59(43)55(63)45(38)31-50(51)67-5/h7-14,23-26,29-31,42-43,52H,6,15-22,27-28,32-33H2,1-5H3,(H,57,61)(H,64,65,66)/t42-,43-,52?/m1/s1. The molecule has 2 N–H and O–H groups in total. The summed E-state index contributed by atoms with van der Waals surface area (Å²) in [5, 5.41) is 1.65. The number of ether oxygens (including phenoxy) is 3. The van der Waals surface area contributed by atoms with Gasteiger partial charge in [0, 0.05) is 63.6 Å². The van der Waals surface area contributed by atoms with Gasteiger partial charge in [0.15, 0.2) is 17.3 Å². The second kappa shape index (κ2) is 21.3. The number of para-hydroxylation sites is 2. The molecule has 0 saturated heterocycles. The van der Waals surface area contributed by atoms with Crippen molar-refractivity contribution in [3.8, 4) is 17.2 Å². The second-order valence-corrected chi connectivity index (χ2v) is 24.5. The highest BCUT2D eigenvalue weighted by molar-refractivity contribution is 8.77. The van der Waals surface area contributed by atoms with Gasteiger partial charge in [0.2, 0.25) is 5.91 Å². The number of hydrogen-bond donors (Lipinski definition) is 2. The normalized spacial score (nSPS) is 17.4. The van der Waals surface area contributed by atoms with Gasteiger partial charge >= 0.3 is 0 Å². The highest BCUT2D eigenvalue weighted by Gasteiger charge is 2.39. The largest absolute Gasteiger partial charge is 0.493 e. The molecule has 4 aliphatic rings. The molecule has 5 aromatic rings. The molecule has 4 aliphatic heterocycles. The second-order valence-electron chi connectivity index (χ2n) is 19.8. The number of rotatable bonds is 19. The molecule has 72 heavy (non-hydrogen) atoms. The van der Waals surface area contributed by atoms with Gasteiger partial charge in [0.05, 0.1) is 7.11 Å². The van der Waals surface area contributed by atoms with Gasteiger partial charge in [-0.3, -0.25) is 23.7 Å².